The van der Waals surface area contributed by atoms with Gasteiger partial charge in [-0.05, 0) is 49.1 Å². The van der Waals surface area contributed by atoms with Gasteiger partial charge in [-0.25, -0.2) is 9.18 Å². The van der Waals surface area contributed by atoms with E-state index in [2.05, 4.69) is 5.32 Å². The number of aryl methyl sites for hydroxylation is 2. The number of nitrogens with one attached hydrogen (secondary N) is 1. The van der Waals surface area contributed by atoms with E-state index in [0.29, 0.717) is 29.0 Å². The summed E-state index contributed by atoms with van der Waals surface area (Å²) in [6.45, 7) is 1.14. The Bertz CT molecular complexity index is 1380. The summed E-state index contributed by atoms with van der Waals surface area (Å²) in [5.74, 6) is -2.43. The Morgan fingerprint density at radius 3 is 2.50 bits per heavy atom. The molecule has 0 aliphatic rings. The fourth-order valence-corrected chi connectivity index (χ4v) is 4.26. The highest BCUT2D eigenvalue weighted by atomic mass is 35.5. The van der Waals surface area contributed by atoms with Gasteiger partial charge in [0.15, 0.2) is 18.1 Å². The van der Waals surface area contributed by atoms with Crippen LogP contribution < -0.4 is 11.1 Å². The molecule has 1 aromatic heterocycles. The van der Waals surface area contributed by atoms with Gasteiger partial charge in [0.05, 0.1) is 12.6 Å². The van der Waals surface area contributed by atoms with Crippen molar-refractivity contribution in [3.63, 3.8) is 0 Å². The Kier molecular flexibility index (Phi) is 10.0. The molecule has 0 saturated heterocycles. The second-order valence-electron chi connectivity index (χ2n) is 8.56. The molecule has 1 amide bonds. The van der Waals surface area contributed by atoms with Crippen molar-refractivity contribution in [3.05, 3.63) is 81.0 Å². The van der Waals surface area contributed by atoms with Gasteiger partial charge in [0.25, 0.3) is 0 Å². The summed E-state index contributed by atoms with van der Waals surface area (Å²) in [6, 6.07) is 10.6. The van der Waals surface area contributed by atoms with Crippen LogP contribution in [0.25, 0.3) is 11.1 Å². The van der Waals surface area contributed by atoms with E-state index in [-0.39, 0.29) is 24.5 Å². The predicted molar refractivity (Wildman–Crippen MR) is 135 cm³/mol. The molecule has 0 bridgehead atoms. The third-order valence-corrected chi connectivity index (χ3v) is 6.62. The van der Waals surface area contributed by atoms with Crippen LogP contribution in [0.2, 0.25) is 5.02 Å². The molecule has 10 nitrogen and oxygen atoms in total. The topological polar surface area (TPSA) is 156 Å². The average Bonchev–Trinajstić information content (AvgIpc) is 3.18. The van der Waals surface area contributed by atoms with E-state index in [4.69, 9.17) is 35.0 Å². The second-order valence-corrected chi connectivity index (χ2v) is 10.8. The van der Waals surface area contributed by atoms with Crippen LogP contribution in [0.1, 0.15) is 36.3 Å². The van der Waals surface area contributed by atoms with Crippen LogP contribution in [0.15, 0.2) is 56.1 Å². The maximum atomic E-state index is 14.2. The highest BCUT2D eigenvalue weighted by Gasteiger charge is 2.21. The summed E-state index contributed by atoms with van der Waals surface area (Å²) in [7, 11) is -4.37. The second kappa shape index (κ2) is 13.0. The van der Waals surface area contributed by atoms with Gasteiger partial charge in [-0.3, -0.25) is 14.2 Å². The molecule has 3 N–H and O–H groups in total. The fraction of sp³-hybridized carbons (Fsp3) is 0.320. The molecule has 3 rings (SSSR count). The number of carbonyl (C=O) groups excluding carboxylic acids is 2. The van der Waals surface area contributed by atoms with Crippen LogP contribution in [0.5, 0.6) is 0 Å². The summed E-state index contributed by atoms with van der Waals surface area (Å²) in [5.41, 5.74) is 1.82. The lowest BCUT2D eigenvalue weighted by molar-refractivity contribution is -0.146. The molecule has 0 radical (unpaired) electrons. The first-order valence-corrected chi connectivity index (χ1v) is 13.7. The molecule has 0 aliphatic carbocycles. The summed E-state index contributed by atoms with van der Waals surface area (Å²) in [6.07, 6.45) is -0.577. The van der Waals surface area contributed by atoms with Gasteiger partial charge in [-0.15, -0.1) is 0 Å². The first-order chi connectivity index (χ1) is 17.9. The van der Waals surface area contributed by atoms with Crippen molar-refractivity contribution >= 4 is 31.1 Å². The molecule has 1 atom stereocenters. The van der Waals surface area contributed by atoms with E-state index in [9.17, 15) is 23.3 Å². The van der Waals surface area contributed by atoms with Crippen LogP contribution in [-0.2, 0) is 31.9 Å². The van der Waals surface area contributed by atoms with Crippen LogP contribution in [-0.4, -0.2) is 33.9 Å². The lowest BCUT2D eigenvalue weighted by Crippen LogP contribution is -2.37. The minimum Gasteiger partial charge on any atom is -0.457 e. The summed E-state index contributed by atoms with van der Waals surface area (Å²) in [4.78, 5) is 53.9. The zero-order valence-electron chi connectivity index (χ0n) is 20.3. The Labute approximate surface area is 221 Å². The van der Waals surface area contributed by atoms with Crippen LogP contribution in [0, 0.1) is 12.7 Å². The lowest BCUT2D eigenvalue weighted by Gasteiger charge is -2.18. The van der Waals surface area contributed by atoms with Crippen molar-refractivity contribution in [1.82, 2.24) is 5.32 Å². The van der Waals surface area contributed by atoms with Crippen molar-refractivity contribution in [3.8, 4) is 11.1 Å². The van der Waals surface area contributed by atoms with Gasteiger partial charge in [0, 0.05) is 23.0 Å². The van der Waals surface area contributed by atoms with E-state index in [0.717, 1.165) is 5.56 Å². The van der Waals surface area contributed by atoms with Crippen LogP contribution in [0.4, 0.5) is 4.39 Å². The molecule has 0 saturated carbocycles. The number of esters is 1. The SMILES string of the molecule is Cc1oc(=O)oc1COC(=O)CC(CCc1ccc(-c2cc(Cl)ccc2F)cc1)NC(=O)CCP(=O)(O)O. The molecule has 3 aromatic rings. The van der Waals surface area contributed by atoms with E-state index in [1.807, 2.05) is 0 Å². The molecule has 38 heavy (non-hydrogen) atoms. The highest BCUT2D eigenvalue weighted by molar-refractivity contribution is 7.51. The molecule has 204 valence electrons. The number of ether oxygens (including phenoxy) is 1. The molecular weight excluding hydrogens is 544 g/mol. The van der Waals surface area contributed by atoms with Gasteiger partial charge in [-0.2, -0.15) is 0 Å². The third-order valence-electron chi connectivity index (χ3n) is 5.58. The van der Waals surface area contributed by atoms with E-state index < -0.39 is 49.7 Å². The average molecular weight is 570 g/mol. The molecule has 0 spiro atoms. The smallest absolute Gasteiger partial charge is 0.457 e. The monoisotopic (exact) mass is 569 g/mol. The molecule has 1 unspecified atom stereocenters. The van der Waals surface area contributed by atoms with Crippen molar-refractivity contribution in [2.75, 3.05) is 6.16 Å². The number of benzene rings is 2. The van der Waals surface area contributed by atoms with Crippen molar-refractivity contribution in [2.24, 2.45) is 0 Å². The zero-order chi connectivity index (χ0) is 27.9. The minimum atomic E-state index is -4.37. The largest absolute Gasteiger partial charge is 0.519 e. The van der Waals surface area contributed by atoms with Crippen molar-refractivity contribution < 1.29 is 41.9 Å². The minimum absolute atomic E-state index is 0.0572. The summed E-state index contributed by atoms with van der Waals surface area (Å²) < 4.78 is 39.9. The van der Waals surface area contributed by atoms with Gasteiger partial charge < -0.3 is 28.7 Å². The predicted octanol–water partition coefficient (Wildman–Crippen LogP) is 4.12. The fourth-order valence-electron chi connectivity index (χ4n) is 3.60. The van der Waals surface area contributed by atoms with Crippen LogP contribution >= 0.6 is 19.2 Å². The molecule has 0 fully saturated rings. The van der Waals surface area contributed by atoms with Crippen molar-refractivity contribution in [2.45, 2.75) is 45.3 Å². The number of carbonyl (C=O) groups is 2. The number of amides is 1. The Hall–Kier alpha value is -3.24. The highest BCUT2D eigenvalue weighted by Crippen LogP contribution is 2.34. The molecule has 2 aromatic carbocycles. The van der Waals surface area contributed by atoms with Gasteiger partial charge in [0.1, 0.15) is 5.82 Å². The first kappa shape index (κ1) is 29.3. The van der Waals surface area contributed by atoms with E-state index in [1.54, 1.807) is 24.3 Å². The Morgan fingerprint density at radius 2 is 1.87 bits per heavy atom. The standard InChI is InChI=1S/C25H26ClFNO9P/c1-15-22(37-25(31)36-15)14-35-24(30)13-19(28-23(29)10-11-38(32,33)34)8-4-16-2-5-17(6-3-16)20-12-18(26)7-9-21(20)27/h2-3,5-7,9,12,19H,4,8,10-11,13-14H2,1H3,(H,28,29)(H2,32,33,34). The summed E-state index contributed by atoms with van der Waals surface area (Å²) in [5, 5.41) is 3.02. The third kappa shape index (κ3) is 9.25. The number of halogens is 2. The van der Waals surface area contributed by atoms with Gasteiger partial charge in [0.2, 0.25) is 5.91 Å². The quantitative estimate of drug-likeness (QED) is 0.216. The zero-order valence-corrected chi connectivity index (χ0v) is 22.0. The Morgan fingerprint density at radius 1 is 1.16 bits per heavy atom. The molecule has 13 heteroatoms. The van der Waals surface area contributed by atoms with Gasteiger partial charge >= 0.3 is 19.4 Å². The number of hydrogen-bond donors (Lipinski definition) is 3. The number of rotatable bonds is 12. The van der Waals surface area contributed by atoms with E-state index >= 15 is 0 Å². The normalized spacial score (nSPS) is 12.2. The lowest BCUT2D eigenvalue weighted by atomic mass is 9.99. The maximum Gasteiger partial charge on any atom is 0.519 e. The van der Waals surface area contributed by atoms with Gasteiger partial charge in [-0.1, -0.05) is 35.9 Å². The maximum absolute atomic E-state index is 14.2. The first-order valence-electron chi connectivity index (χ1n) is 11.5. The molecule has 0 aliphatic heterocycles. The van der Waals surface area contributed by atoms with Crippen LogP contribution in [0.3, 0.4) is 0 Å². The van der Waals surface area contributed by atoms with E-state index in [1.165, 1.54) is 25.1 Å². The Balaban J connectivity index is 1.64. The molecular formula is C25H26ClFNO9P. The summed E-state index contributed by atoms with van der Waals surface area (Å²) >= 11 is 5.97. The number of hydrogen-bond acceptors (Lipinski definition) is 7. The van der Waals surface area contributed by atoms with Crippen molar-refractivity contribution in [1.29, 1.82) is 0 Å². The molecule has 1 heterocycles.